The Morgan fingerprint density at radius 2 is 1.92 bits per heavy atom. The number of ether oxygens (including phenoxy) is 3. The van der Waals surface area contributed by atoms with Gasteiger partial charge in [0.15, 0.2) is 24.1 Å². The maximum atomic E-state index is 12.7. The monoisotopic (exact) mass is 709 g/mol. The van der Waals surface area contributed by atoms with Gasteiger partial charge in [0.2, 0.25) is 0 Å². The number of carbonyl (C=O) groups is 1. The summed E-state index contributed by atoms with van der Waals surface area (Å²) in [6.07, 6.45) is 11.7. The summed E-state index contributed by atoms with van der Waals surface area (Å²) in [6, 6.07) is 6.37. The molecular weight excluding hydrogens is 642 g/mol. The fraction of sp³-hybridized carbons (Fsp3) is 0.659. The minimum Gasteiger partial charge on any atom is -0.454 e. The fourth-order valence-corrected chi connectivity index (χ4v) is 7.37. The Bertz CT molecular complexity index is 1570. The molecule has 1 N–H and O–H groups in total. The molecule has 0 aromatic carbocycles. The van der Waals surface area contributed by atoms with Crippen LogP contribution in [0.4, 0.5) is 5.82 Å². The van der Waals surface area contributed by atoms with Crippen LogP contribution in [-0.4, -0.2) is 74.2 Å². The fourth-order valence-electron chi connectivity index (χ4n) is 7.37. The minimum absolute atomic E-state index is 0.0365. The smallest absolute Gasteiger partial charge is 0.312 e. The van der Waals surface area contributed by atoms with Gasteiger partial charge in [-0.3, -0.25) is 9.69 Å². The predicted molar refractivity (Wildman–Crippen MR) is 205 cm³/mol. The third kappa shape index (κ3) is 8.83. The van der Waals surface area contributed by atoms with E-state index in [1.807, 2.05) is 32.8 Å². The topological polar surface area (TPSA) is 83.5 Å². The van der Waals surface area contributed by atoms with E-state index in [2.05, 4.69) is 111 Å². The van der Waals surface area contributed by atoms with Crippen LogP contribution >= 0.6 is 0 Å². The van der Waals surface area contributed by atoms with Gasteiger partial charge in [-0.2, -0.15) is 0 Å². The number of hydrogen-bond acceptors (Lipinski definition) is 9. The third-order valence-electron chi connectivity index (χ3n) is 11.0. The van der Waals surface area contributed by atoms with E-state index in [0.29, 0.717) is 18.3 Å². The molecule has 0 saturated heterocycles. The van der Waals surface area contributed by atoms with E-state index in [0.717, 1.165) is 73.4 Å². The summed E-state index contributed by atoms with van der Waals surface area (Å²) in [6.45, 7) is 25.8. The van der Waals surface area contributed by atoms with Crippen molar-refractivity contribution >= 4 is 22.9 Å². The number of carbonyl (C=O) groups excluding carboxylic acids is 1. The zero-order chi connectivity index (χ0) is 37.7. The number of aryl methyl sites for hydroxylation is 1. The van der Waals surface area contributed by atoms with Crippen molar-refractivity contribution < 1.29 is 28.0 Å². The van der Waals surface area contributed by atoms with Crippen LogP contribution in [0.5, 0.6) is 0 Å². The number of nitrogens with one attached hydrogen (secondary N) is 1. The SMILES string of the molecule is C=C1NC(CN2CC(CC)C=CC(OC)CCCC2(C)C)(c2cc3c(ccc(N(CC)C(CC)OC)[n+]3C)o2)C(C)=CN1COC(=O)C(C)(C)C. The second kappa shape index (κ2) is 16.6. The molecule has 51 heavy (non-hydrogen) atoms. The second-order valence-electron chi connectivity index (χ2n) is 16.0. The molecule has 0 bridgehead atoms. The Morgan fingerprint density at radius 1 is 1.20 bits per heavy atom. The molecule has 0 amide bonds. The lowest BCUT2D eigenvalue weighted by Crippen LogP contribution is -2.60. The molecule has 0 radical (unpaired) electrons. The first-order chi connectivity index (χ1) is 24.0. The highest BCUT2D eigenvalue weighted by Gasteiger charge is 2.46. The highest BCUT2D eigenvalue weighted by atomic mass is 16.5. The average molecular weight is 709 g/mol. The lowest BCUT2D eigenvalue weighted by Gasteiger charge is -2.49. The van der Waals surface area contributed by atoms with E-state index in [9.17, 15) is 4.79 Å². The molecule has 2 aliphatic heterocycles. The summed E-state index contributed by atoms with van der Waals surface area (Å²) < 4.78 is 26.5. The molecule has 4 rings (SSSR count). The van der Waals surface area contributed by atoms with Crippen molar-refractivity contribution in [3.8, 4) is 0 Å². The summed E-state index contributed by atoms with van der Waals surface area (Å²) in [5.74, 6) is 2.60. The van der Waals surface area contributed by atoms with Gasteiger partial charge in [-0.05, 0) is 91.7 Å². The number of methoxy groups -OCH3 is 2. The number of anilines is 1. The Balaban J connectivity index is 1.86. The third-order valence-corrected chi connectivity index (χ3v) is 11.0. The molecule has 284 valence electrons. The van der Waals surface area contributed by atoms with Crippen LogP contribution in [0.1, 0.15) is 100 Å². The largest absolute Gasteiger partial charge is 0.454 e. The van der Waals surface area contributed by atoms with Crippen LogP contribution in [0.25, 0.3) is 11.1 Å². The van der Waals surface area contributed by atoms with Crippen molar-refractivity contribution in [3.63, 3.8) is 0 Å². The van der Waals surface area contributed by atoms with Crippen LogP contribution in [0.3, 0.4) is 0 Å². The van der Waals surface area contributed by atoms with Gasteiger partial charge >= 0.3 is 5.97 Å². The van der Waals surface area contributed by atoms with Crippen LogP contribution < -0.4 is 14.8 Å². The molecule has 2 aliphatic rings. The van der Waals surface area contributed by atoms with Crippen molar-refractivity contribution in [2.75, 3.05) is 45.5 Å². The number of esters is 1. The summed E-state index contributed by atoms with van der Waals surface area (Å²) >= 11 is 0. The van der Waals surface area contributed by atoms with E-state index in [-0.39, 0.29) is 30.6 Å². The van der Waals surface area contributed by atoms with Gasteiger partial charge in [-0.1, -0.05) is 32.6 Å². The number of rotatable bonds is 12. The number of aromatic nitrogens is 1. The van der Waals surface area contributed by atoms with Gasteiger partial charge in [-0.25, -0.2) is 9.47 Å². The second-order valence-corrected chi connectivity index (χ2v) is 16.0. The van der Waals surface area contributed by atoms with Crippen molar-refractivity contribution in [3.05, 3.63) is 60.3 Å². The molecule has 0 aliphatic carbocycles. The molecule has 2 aromatic rings. The molecule has 0 saturated carbocycles. The quantitative estimate of drug-likeness (QED) is 0.105. The first-order valence-electron chi connectivity index (χ1n) is 18.8. The van der Waals surface area contributed by atoms with Crippen LogP contribution in [0, 0.1) is 11.3 Å². The number of pyridine rings is 1. The van der Waals surface area contributed by atoms with Crippen LogP contribution in [-0.2, 0) is 31.6 Å². The number of nitrogens with zero attached hydrogens (tertiary/aromatic N) is 4. The van der Waals surface area contributed by atoms with Gasteiger partial charge in [0, 0.05) is 57.6 Å². The Kier molecular flexibility index (Phi) is 13.1. The molecule has 0 fully saturated rings. The highest BCUT2D eigenvalue weighted by molar-refractivity contribution is 5.75. The average Bonchev–Trinajstić information content (AvgIpc) is 3.53. The zero-order valence-corrected chi connectivity index (χ0v) is 33.6. The van der Waals surface area contributed by atoms with Crippen molar-refractivity contribution in [1.29, 1.82) is 0 Å². The Morgan fingerprint density at radius 3 is 2.53 bits per heavy atom. The minimum atomic E-state index is -0.755. The standard InChI is InChI=1S/C41H66N5O5/c1-14-31-19-20-32(48-12)18-17-23-40(9,10)45(26-31)27-41(29(4)25-44(30(5)42-41)28-50-38(47)39(6,7)8)35-24-33-34(51-35)21-22-36(43(33)11)46(16-3)37(15-2)49-13/h19-22,24-25,31-32,37,42H,5,14-18,23,26-28H2,1-4,6-13H3/q+1. The summed E-state index contributed by atoms with van der Waals surface area (Å²) in [5, 5.41) is 3.83. The Hall–Kier alpha value is -3.34. The maximum absolute atomic E-state index is 12.7. The Labute approximate surface area is 307 Å². The maximum Gasteiger partial charge on any atom is 0.312 e. The molecular formula is C41H66N5O5+. The molecule has 10 nitrogen and oxygen atoms in total. The van der Waals surface area contributed by atoms with E-state index in [1.54, 1.807) is 7.11 Å². The van der Waals surface area contributed by atoms with Crippen LogP contribution in [0.2, 0.25) is 0 Å². The van der Waals surface area contributed by atoms with Crippen LogP contribution in [0.15, 0.2) is 58.9 Å². The van der Waals surface area contributed by atoms with Gasteiger partial charge < -0.3 is 28.8 Å². The number of fused-ring (bicyclic) bond motifs is 1. The van der Waals surface area contributed by atoms with Gasteiger partial charge in [0.05, 0.1) is 25.1 Å². The summed E-state index contributed by atoms with van der Waals surface area (Å²) in [7, 11) is 5.67. The zero-order valence-electron chi connectivity index (χ0n) is 33.6. The number of furan rings is 1. The van der Waals surface area contributed by atoms with Crippen molar-refractivity contribution in [1.82, 2.24) is 15.1 Å². The highest BCUT2D eigenvalue weighted by Crippen LogP contribution is 2.41. The van der Waals surface area contributed by atoms with E-state index in [4.69, 9.17) is 18.6 Å². The lowest BCUT2D eigenvalue weighted by atomic mass is 9.82. The van der Waals surface area contributed by atoms with Gasteiger partial charge in [-0.15, -0.1) is 0 Å². The van der Waals surface area contributed by atoms with E-state index in [1.165, 1.54) is 0 Å². The lowest BCUT2D eigenvalue weighted by molar-refractivity contribution is -0.632. The molecule has 2 aromatic heterocycles. The molecule has 4 atom stereocenters. The molecule has 10 heteroatoms. The first kappa shape index (κ1) is 40.4. The first-order valence-corrected chi connectivity index (χ1v) is 18.8. The number of hydrogen-bond donors (Lipinski definition) is 1. The summed E-state index contributed by atoms with van der Waals surface area (Å²) in [4.78, 5) is 19.5. The molecule has 4 heterocycles. The van der Waals surface area contributed by atoms with E-state index >= 15 is 0 Å². The normalized spacial score (nSPS) is 23.9. The van der Waals surface area contributed by atoms with Crippen molar-refractivity contribution in [2.24, 2.45) is 18.4 Å². The molecule has 0 spiro atoms. The van der Waals surface area contributed by atoms with Gasteiger partial charge in [0.25, 0.3) is 5.82 Å². The van der Waals surface area contributed by atoms with E-state index < -0.39 is 11.0 Å². The van der Waals surface area contributed by atoms with Crippen molar-refractivity contribution in [2.45, 2.75) is 118 Å². The predicted octanol–water partition coefficient (Wildman–Crippen LogP) is 7.35. The molecule has 4 unspecified atom stereocenters. The van der Waals surface area contributed by atoms with Gasteiger partial charge in [0.1, 0.15) is 17.1 Å². The summed E-state index contributed by atoms with van der Waals surface area (Å²) in [5.41, 5.74) is 1.36.